The summed E-state index contributed by atoms with van der Waals surface area (Å²) in [6.45, 7) is 0. The van der Waals surface area contributed by atoms with Gasteiger partial charge in [-0.1, -0.05) is 11.6 Å². The fourth-order valence-corrected chi connectivity index (χ4v) is 1.44. The maximum absolute atomic E-state index is 12.6. The minimum Gasteiger partial charge on any atom is -0.481 e. The Morgan fingerprint density at radius 2 is 2.24 bits per heavy atom. The molecule has 1 aromatic rings. The van der Waals surface area contributed by atoms with Gasteiger partial charge in [0.15, 0.2) is 0 Å². The molecule has 0 aliphatic carbocycles. The van der Waals surface area contributed by atoms with Crippen LogP contribution in [0.2, 0.25) is 5.02 Å². The van der Waals surface area contributed by atoms with Crippen molar-refractivity contribution in [2.45, 2.75) is 12.8 Å². The van der Waals surface area contributed by atoms with Gasteiger partial charge in [0.2, 0.25) is 0 Å². The minimum absolute atomic E-state index is 0.554. The summed E-state index contributed by atoms with van der Waals surface area (Å²) in [6, 6.07) is 0. The van der Waals surface area contributed by atoms with Crippen molar-refractivity contribution in [2.75, 3.05) is 0 Å². The standard InChI is InChI=1S/C8H5ClF2N2O4/c9-3-2-12-4(1-5(14)15)7(13(16)17)6(3)8(10)11/h2,8H,1H2,(H,14,15). The van der Waals surface area contributed by atoms with E-state index in [0.29, 0.717) is 0 Å². The first-order valence-corrected chi connectivity index (χ1v) is 4.54. The Balaban J connectivity index is 3.47. The van der Waals surface area contributed by atoms with Crippen molar-refractivity contribution >= 4 is 23.3 Å². The number of carboxylic acids is 1. The van der Waals surface area contributed by atoms with Crippen molar-refractivity contribution in [2.24, 2.45) is 0 Å². The number of aliphatic carboxylic acids is 1. The van der Waals surface area contributed by atoms with Crippen molar-refractivity contribution in [3.8, 4) is 0 Å². The highest BCUT2D eigenvalue weighted by Crippen LogP contribution is 2.36. The highest BCUT2D eigenvalue weighted by atomic mass is 35.5. The van der Waals surface area contributed by atoms with Gasteiger partial charge in [0.1, 0.15) is 11.3 Å². The molecule has 92 valence electrons. The Labute approximate surface area is 98.0 Å². The number of hydrogen-bond donors (Lipinski definition) is 1. The number of alkyl halides is 2. The van der Waals surface area contributed by atoms with Crippen LogP contribution in [-0.4, -0.2) is 21.0 Å². The molecule has 17 heavy (non-hydrogen) atoms. The van der Waals surface area contributed by atoms with Crippen molar-refractivity contribution < 1.29 is 23.6 Å². The zero-order chi connectivity index (χ0) is 13.2. The van der Waals surface area contributed by atoms with Crippen molar-refractivity contribution in [3.63, 3.8) is 0 Å². The fourth-order valence-electron chi connectivity index (χ4n) is 1.22. The van der Waals surface area contributed by atoms with E-state index in [9.17, 15) is 23.7 Å². The van der Waals surface area contributed by atoms with Crippen LogP contribution in [0, 0.1) is 10.1 Å². The lowest BCUT2D eigenvalue weighted by atomic mass is 10.1. The van der Waals surface area contributed by atoms with Crippen LogP contribution in [0.5, 0.6) is 0 Å². The Hall–Kier alpha value is -1.83. The Kier molecular flexibility index (Phi) is 3.89. The van der Waals surface area contributed by atoms with Gasteiger partial charge in [-0.25, -0.2) is 8.78 Å². The number of carboxylic acid groups (broad SMARTS) is 1. The highest BCUT2D eigenvalue weighted by Gasteiger charge is 2.30. The van der Waals surface area contributed by atoms with Gasteiger partial charge in [0.25, 0.3) is 6.43 Å². The van der Waals surface area contributed by atoms with Crippen LogP contribution in [0.25, 0.3) is 0 Å². The molecule has 0 aliphatic rings. The molecule has 0 spiro atoms. The molecule has 6 nitrogen and oxygen atoms in total. The van der Waals surface area contributed by atoms with Crippen molar-refractivity contribution in [3.05, 3.63) is 32.6 Å². The quantitative estimate of drug-likeness (QED) is 0.666. The lowest BCUT2D eigenvalue weighted by Crippen LogP contribution is -2.09. The van der Waals surface area contributed by atoms with Gasteiger partial charge in [-0.05, 0) is 0 Å². The van der Waals surface area contributed by atoms with Gasteiger partial charge >= 0.3 is 11.7 Å². The average Bonchev–Trinajstić information content (AvgIpc) is 2.18. The van der Waals surface area contributed by atoms with Gasteiger partial charge < -0.3 is 5.11 Å². The molecule has 0 fully saturated rings. The molecule has 0 saturated heterocycles. The molecule has 0 bridgehead atoms. The molecule has 1 rings (SSSR count). The molecule has 0 amide bonds. The van der Waals surface area contributed by atoms with Gasteiger partial charge in [0.05, 0.1) is 16.4 Å². The topological polar surface area (TPSA) is 93.3 Å². The van der Waals surface area contributed by atoms with Crippen molar-refractivity contribution in [1.82, 2.24) is 4.98 Å². The van der Waals surface area contributed by atoms with Crippen LogP contribution in [0.4, 0.5) is 14.5 Å². The molecule has 1 aromatic heterocycles. The van der Waals surface area contributed by atoms with E-state index < -0.39 is 45.7 Å². The van der Waals surface area contributed by atoms with Crippen LogP contribution in [0.15, 0.2) is 6.20 Å². The first-order valence-electron chi connectivity index (χ1n) is 4.16. The number of rotatable bonds is 4. The first kappa shape index (κ1) is 13.2. The molecule has 9 heteroatoms. The second-order valence-corrected chi connectivity index (χ2v) is 3.35. The third-order valence-electron chi connectivity index (χ3n) is 1.84. The summed E-state index contributed by atoms with van der Waals surface area (Å²) in [4.78, 5) is 23.4. The second kappa shape index (κ2) is 5.00. The third-order valence-corrected chi connectivity index (χ3v) is 2.14. The molecular formula is C8H5ClF2N2O4. The molecule has 0 atom stereocenters. The number of aromatic nitrogens is 1. The van der Waals surface area contributed by atoms with E-state index in [2.05, 4.69) is 4.98 Å². The summed E-state index contributed by atoms with van der Waals surface area (Å²) in [5, 5.41) is 18.6. The summed E-state index contributed by atoms with van der Waals surface area (Å²) in [5.74, 6) is -1.41. The van der Waals surface area contributed by atoms with E-state index in [1.54, 1.807) is 0 Å². The number of carbonyl (C=O) groups is 1. The fraction of sp³-hybridized carbons (Fsp3) is 0.250. The summed E-state index contributed by atoms with van der Waals surface area (Å²) >= 11 is 5.38. The predicted octanol–water partition coefficient (Wildman–Crippen LogP) is 2.21. The maximum atomic E-state index is 12.6. The summed E-state index contributed by atoms with van der Waals surface area (Å²) < 4.78 is 25.2. The van der Waals surface area contributed by atoms with E-state index in [4.69, 9.17) is 16.7 Å². The molecule has 0 aromatic carbocycles. The molecule has 0 aliphatic heterocycles. The predicted molar refractivity (Wildman–Crippen MR) is 52.2 cm³/mol. The largest absolute Gasteiger partial charge is 0.481 e. The maximum Gasteiger partial charge on any atom is 0.309 e. The molecule has 1 N–H and O–H groups in total. The third kappa shape index (κ3) is 2.84. The smallest absolute Gasteiger partial charge is 0.309 e. The van der Waals surface area contributed by atoms with E-state index >= 15 is 0 Å². The monoisotopic (exact) mass is 266 g/mol. The molecule has 0 unspecified atom stereocenters. The Morgan fingerprint density at radius 3 is 2.65 bits per heavy atom. The lowest BCUT2D eigenvalue weighted by Gasteiger charge is -2.06. The van der Waals surface area contributed by atoms with Gasteiger partial charge in [0, 0.05) is 6.20 Å². The second-order valence-electron chi connectivity index (χ2n) is 2.94. The van der Waals surface area contributed by atoms with E-state index in [0.717, 1.165) is 6.20 Å². The summed E-state index contributed by atoms with van der Waals surface area (Å²) in [7, 11) is 0. The summed E-state index contributed by atoms with van der Waals surface area (Å²) in [6.07, 6.45) is -3.24. The van der Waals surface area contributed by atoms with Crippen LogP contribution < -0.4 is 0 Å². The first-order chi connectivity index (χ1) is 7.84. The lowest BCUT2D eigenvalue weighted by molar-refractivity contribution is -0.387. The van der Waals surface area contributed by atoms with Crippen LogP contribution in [0.3, 0.4) is 0 Å². The van der Waals surface area contributed by atoms with E-state index in [1.807, 2.05) is 0 Å². The summed E-state index contributed by atoms with van der Waals surface area (Å²) in [5.41, 5.74) is -2.61. The zero-order valence-electron chi connectivity index (χ0n) is 8.06. The highest BCUT2D eigenvalue weighted by molar-refractivity contribution is 6.31. The number of nitrogens with zero attached hydrogens (tertiary/aromatic N) is 2. The van der Waals surface area contributed by atoms with Gasteiger partial charge in [-0.2, -0.15) is 0 Å². The SMILES string of the molecule is O=C(O)Cc1ncc(Cl)c(C(F)F)c1[N+](=O)[O-]. The minimum atomic E-state index is -3.18. The number of halogens is 3. The number of pyridine rings is 1. The average molecular weight is 267 g/mol. The van der Waals surface area contributed by atoms with Crippen LogP contribution >= 0.6 is 11.6 Å². The van der Waals surface area contributed by atoms with E-state index in [-0.39, 0.29) is 0 Å². The Morgan fingerprint density at radius 1 is 1.65 bits per heavy atom. The zero-order valence-corrected chi connectivity index (χ0v) is 8.82. The molecule has 0 radical (unpaired) electrons. The molecule has 1 heterocycles. The molecule has 0 saturated carbocycles. The molecular weight excluding hydrogens is 262 g/mol. The Bertz CT molecular complexity index is 481. The van der Waals surface area contributed by atoms with Crippen LogP contribution in [-0.2, 0) is 11.2 Å². The van der Waals surface area contributed by atoms with Crippen LogP contribution in [0.1, 0.15) is 17.7 Å². The van der Waals surface area contributed by atoms with Crippen molar-refractivity contribution in [1.29, 1.82) is 0 Å². The number of hydrogen-bond acceptors (Lipinski definition) is 4. The van der Waals surface area contributed by atoms with Gasteiger partial charge in [-0.3, -0.25) is 19.9 Å². The normalized spacial score (nSPS) is 10.6. The number of nitro groups is 1. The van der Waals surface area contributed by atoms with E-state index in [1.165, 1.54) is 0 Å². The van der Waals surface area contributed by atoms with Gasteiger partial charge in [-0.15, -0.1) is 0 Å².